The van der Waals surface area contributed by atoms with E-state index in [-0.39, 0.29) is 29.1 Å². The number of aromatic amines is 1. The molecule has 1 saturated carbocycles. The monoisotopic (exact) mass is 473 g/mol. The van der Waals surface area contributed by atoms with Gasteiger partial charge in [-0.25, -0.2) is 9.89 Å². The minimum Gasteiger partial charge on any atom is -0.444 e. The number of benzene rings is 1. The van der Waals surface area contributed by atoms with E-state index < -0.39 is 11.7 Å². The molecular weight excluding hydrogens is 446 g/mol. The highest BCUT2D eigenvalue weighted by Gasteiger charge is 2.29. The van der Waals surface area contributed by atoms with Crippen LogP contribution < -0.4 is 21.1 Å². The largest absolute Gasteiger partial charge is 0.444 e. The second kappa shape index (κ2) is 10.2. The molecule has 1 atom stereocenters. The van der Waals surface area contributed by atoms with Crippen molar-refractivity contribution in [2.75, 3.05) is 18.0 Å². The van der Waals surface area contributed by atoms with Crippen molar-refractivity contribution >= 4 is 29.3 Å². The van der Waals surface area contributed by atoms with Crippen LogP contribution in [-0.4, -0.2) is 53.5 Å². The molecule has 33 heavy (non-hydrogen) atoms. The van der Waals surface area contributed by atoms with Crippen molar-refractivity contribution in [3.63, 3.8) is 0 Å². The lowest BCUT2D eigenvalue weighted by Crippen LogP contribution is -2.44. The minimum absolute atomic E-state index is 0.0221. The Hall–Kier alpha value is -3.07. The van der Waals surface area contributed by atoms with Crippen molar-refractivity contribution in [2.24, 2.45) is 0 Å². The topological polar surface area (TPSA) is 116 Å². The molecule has 1 saturated heterocycles. The third-order valence-corrected chi connectivity index (χ3v) is 6.60. The lowest BCUT2D eigenvalue weighted by Gasteiger charge is -2.29. The number of alkyl carbamates (subject to hydrolysis) is 1. The van der Waals surface area contributed by atoms with Gasteiger partial charge >= 0.3 is 6.09 Å². The lowest BCUT2D eigenvalue weighted by molar-refractivity contribution is 0.0909. The van der Waals surface area contributed by atoms with Crippen LogP contribution in [0.3, 0.4) is 0 Å². The summed E-state index contributed by atoms with van der Waals surface area (Å²) in [5.74, 6) is -0.0627. The Bertz CT molecular complexity index is 1050. The second-order valence-electron chi connectivity index (χ2n) is 8.69. The Kier molecular flexibility index (Phi) is 7.17. The van der Waals surface area contributed by atoms with Crippen LogP contribution in [0.25, 0.3) is 0 Å². The van der Waals surface area contributed by atoms with Crippen molar-refractivity contribution < 1.29 is 14.3 Å². The quantitative estimate of drug-likeness (QED) is 0.614. The Labute approximate surface area is 196 Å². The number of nitrogens with zero attached hydrogens (tertiary/aromatic N) is 2. The number of anilines is 1. The summed E-state index contributed by atoms with van der Waals surface area (Å²) in [7, 11) is 0. The summed E-state index contributed by atoms with van der Waals surface area (Å²) in [5, 5.41) is 12.2. The second-order valence-corrected chi connectivity index (χ2v) is 9.07. The molecule has 2 aliphatic rings. The van der Waals surface area contributed by atoms with Crippen LogP contribution in [0, 0.1) is 6.92 Å². The van der Waals surface area contributed by atoms with Gasteiger partial charge < -0.3 is 20.3 Å². The fourth-order valence-corrected chi connectivity index (χ4v) is 4.56. The van der Waals surface area contributed by atoms with E-state index in [0.717, 1.165) is 31.2 Å². The molecule has 1 aromatic heterocycles. The highest BCUT2D eigenvalue weighted by Crippen LogP contribution is 2.26. The van der Waals surface area contributed by atoms with Gasteiger partial charge in [0.25, 0.3) is 11.5 Å². The predicted molar refractivity (Wildman–Crippen MR) is 125 cm³/mol. The van der Waals surface area contributed by atoms with Gasteiger partial charge in [0.05, 0.1) is 18.4 Å². The zero-order chi connectivity index (χ0) is 23.4. The lowest BCUT2D eigenvalue weighted by atomic mass is 9.91. The summed E-state index contributed by atoms with van der Waals surface area (Å²) in [6.45, 7) is 3.06. The van der Waals surface area contributed by atoms with E-state index in [9.17, 15) is 14.4 Å². The van der Waals surface area contributed by atoms with Crippen LogP contribution in [0.5, 0.6) is 0 Å². The van der Waals surface area contributed by atoms with Crippen LogP contribution in [0.4, 0.5) is 10.5 Å². The van der Waals surface area contributed by atoms with E-state index in [1.165, 1.54) is 6.20 Å². The molecule has 10 heteroatoms. The smallest absolute Gasteiger partial charge is 0.407 e. The van der Waals surface area contributed by atoms with Gasteiger partial charge in [-0.2, -0.15) is 5.10 Å². The van der Waals surface area contributed by atoms with E-state index in [2.05, 4.69) is 20.8 Å². The predicted octanol–water partition coefficient (Wildman–Crippen LogP) is 2.78. The Morgan fingerprint density at radius 2 is 1.76 bits per heavy atom. The van der Waals surface area contributed by atoms with Crippen LogP contribution in [0.15, 0.2) is 35.3 Å². The summed E-state index contributed by atoms with van der Waals surface area (Å²) in [6.07, 6.45) is 4.57. The normalized spacial score (nSPS) is 22.6. The first kappa shape index (κ1) is 23.1. The number of rotatable bonds is 5. The Balaban J connectivity index is 1.19. The number of hydrogen-bond acceptors (Lipinski definition) is 6. The first-order valence-corrected chi connectivity index (χ1v) is 11.6. The van der Waals surface area contributed by atoms with Gasteiger partial charge in [0, 0.05) is 30.6 Å². The molecule has 0 unspecified atom stereocenters. The number of ether oxygens (including phenoxy) is 1. The molecule has 2 aromatic rings. The number of carbonyl (C=O) groups is 2. The van der Waals surface area contributed by atoms with Crippen LogP contribution in [0.1, 0.15) is 48.0 Å². The number of hydrogen-bond donors (Lipinski definition) is 3. The Morgan fingerprint density at radius 1 is 1.09 bits per heavy atom. The molecule has 2 amide bonds. The molecule has 2 heterocycles. The zero-order valence-corrected chi connectivity index (χ0v) is 19.2. The summed E-state index contributed by atoms with van der Waals surface area (Å²) < 4.78 is 5.58. The summed E-state index contributed by atoms with van der Waals surface area (Å²) in [5.41, 5.74) is 1.87. The van der Waals surface area contributed by atoms with Crippen LogP contribution >= 0.6 is 11.6 Å². The molecule has 0 spiro atoms. The molecule has 9 nitrogen and oxygen atoms in total. The van der Waals surface area contributed by atoms with Crippen molar-refractivity contribution in [2.45, 2.75) is 57.2 Å². The number of aryl methyl sites for hydroxylation is 1. The van der Waals surface area contributed by atoms with Gasteiger partial charge in [0.1, 0.15) is 11.1 Å². The highest BCUT2D eigenvalue weighted by atomic mass is 35.5. The van der Waals surface area contributed by atoms with E-state index >= 15 is 0 Å². The summed E-state index contributed by atoms with van der Waals surface area (Å²) >= 11 is 6.07. The first-order valence-electron chi connectivity index (χ1n) is 11.2. The van der Waals surface area contributed by atoms with Crippen LogP contribution in [-0.2, 0) is 4.74 Å². The average Bonchev–Trinajstić information content (AvgIpc) is 3.25. The van der Waals surface area contributed by atoms with Gasteiger partial charge in [-0.15, -0.1) is 0 Å². The minimum atomic E-state index is -0.443. The van der Waals surface area contributed by atoms with E-state index in [0.29, 0.717) is 30.8 Å². The number of halogens is 1. The van der Waals surface area contributed by atoms with Crippen molar-refractivity contribution in [3.05, 3.63) is 57.0 Å². The number of aromatic nitrogens is 2. The number of amides is 2. The number of nitrogens with one attached hydrogen (secondary N) is 3. The average molecular weight is 474 g/mol. The fraction of sp³-hybridized carbons (Fsp3) is 0.478. The van der Waals surface area contributed by atoms with Gasteiger partial charge in [0.15, 0.2) is 0 Å². The molecule has 1 aromatic carbocycles. The van der Waals surface area contributed by atoms with Gasteiger partial charge in [0.2, 0.25) is 0 Å². The molecule has 176 valence electrons. The summed E-state index contributed by atoms with van der Waals surface area (Å²) in [6, 6.07) is 7.64. The Morgan fingerprint density at radius 3 is 2.45 bits per heavy atom. The van der Waals surface area contributed by atoms with Crippen molar-refractivity contribution in [1.82, 2.24) is 20.8 Å². The maximum absolute atomic E-state index is 12.4. The van der Waals surface area contributed by atoms with Crippen molar-refractivity contribution in [3.8, 4) is 0 Å². The highest BCUT2D eigenvalue weighted by molar-refractivity contribution is 6.33. The van der Waals surface area contributed by atoms with E-state index in [1.807, 2.05) is 36.1 Å². The molecule has 0 radical (unpaired) electrons. The SMILES string of the molecule is Cc1ccc(C(=O)NC2CCC(NC(=O)O[C@@H]3CCN(c4cn[nH]c(=O)c4Cl)C3)CC2)cc1. The van der Waals surface area contributed by atoms with Crippen LogP contribution in [0.2, 0.25) is 5.02 Å². The van der Waals surface area contributed by atoms with Gasteiger partial charge in [-0.1, -0.05) is 29.3 Å². The maximum Gasteiger partial charge on any atom is 0.407 e. The zero-order valence-electron chi connectivity index (χ0n) is 18.5. The molecule has 1 aliphatic heterocycles. The van der Waals surface area contributed by atoms with Crippen molar-refractivity contribution in [1.29, 1.82) is 0 Å². The molecular formula is C23H28ClN5O4. The molecule has 2 fully saturated rings. The number of carbonyl (C=O) groups excluding carboxylic acids is 2. The van der Waals surface area contributed by atoms with Gasteiger partial charge in [-0.3, -0.25) is 9.59 Å². The van der Waals surface area contributed by atoms with E-state index in [4.69, 9.17) is 16.3 Å². The molecule has 0 bridgehead atoms. The van der Waals surface area contributed by atoms with E-state index in [1.54, 1.807) is 0 Å². The fourth-order valence-electron chi connectivity index (χ4n) is 4.35. The first-order chi connectivity index (χ1) is 15.9. The third kappa shape index (κ3) is 5.84. The molecule has 4 rings (SSSR count). The standard InChI is InChI=1S/C23H28ClN5O4/c1-14-2-4-15(5-3-14)21(30)26-16-6-8-17(9-7-16)27-23(32)33-18-10-11-29(13-18)19-12-25-28-22(31)20(19)24/h2-5,12,16-18H,6-11,13H2,1H3,(H,26,30)(H,27,32)(H,28,31)/t16?,17?,18-/m1/s1. The molecule has 3 N–H and O–H groups in total. The summed E-state index contributed by atoms with van der Waals surface area (Å²) in [4.78, 5) is 38.3. The third-order valence-electron chi connectivity index (χ3n) is 6.23. The van der Waals surface area contributed by atoms with Gasteiger partial charge in [-0.05, 0) is 44.7 Å². The molecule has 1 aliphatic carbocycles. The maximum atomic E-state index is 12.4. The number of H-pyrrole nitrogens is 1.